The van der Waals surface area contributed by atoms with Gasteiger partial charge in [0.05, 0.1) is 10.4 Å². The summed E-state index contributed by atoms with van der Waals surface area (Å²) in [6, 6.07) is 9.08. The van der Waals surface area contributed by atoms with Crippen LogP contribution in [0.3, 0.4) is 0 Å². The zero-order chi connectivity index (χ0) is 18.0. The van der Waals surface area contributed by atoms with Crippen LogP contribution >= 0.6 is 0 Å². The van der Waals surface area contributed by atoms with E-state index in [0.29, 0.717) is 24.2 Å². The van der Waals surface area contributed by atoms with Gasteiger partial charge in [-0.2, -0.15) is 0 Å². The molecule has 1 heterocycles. The molecule has 2 aromatic carbocycles. The van der Waals surface area contributed by atoms with Crippen LogP contribution in [0, 0.1) is 10.1 Å². The molecule has 126 valence electrons. The van der Waals surface area contributed by atoms with Crippen molar-refractivity contribution in [3.63, 3.8) is 0 Å². The maximum atomic E-state index is 11.5. The van der Waals surface area contributed by atoms with Crippen molar-refractivity contribution < 1.29 is 10.0 Å². The smallest absolute Gasteiger partial charge is 0.293 e. The minimum absolute atomic E-state index is 0.108. The van der Waals surface area contributed by atoms with E-state index in [4.69, 9.17) is 11.3 Å². The molecule has 0 atom stereocenters. The first kappa shape index (κ1) is 16.3. The molecule has 0 unspecified atom stereocenters. The average Bonchev–Trinajstić information content (AvgIpc) is 2.93. The van der Waals surface area contributed by atoms with Crippen molar-refractivity contribution in [2.24, 2.45) is 10.8 Å². The number of nitrogens with zero attached hydrogens (tertiary/aromatic N) is 5. The Hall–Kier alpha value is -3.55. The second-order valence-electron chi connectivity index (χ2n) is 5.38. The Morgan fingerprint density at radius 2 is 2.12 bits per heavy atom. The highest BCUT2D eigenvalue weighted by molar-refractivity contribution is 5.87. The molecule has 3 rings (SSSR count). The van der Waals surface area contributed by atoms with Crippen molar-refractivity contribution in [1.29, 1.82) is 0 Å². The maximum absolute atomic E-state index is 11.5. The Balaban J connectivity index is 2.29. The van der Waals surface area contributed by atoms with Crippen LogP contribution < -0.4 is 5.73 Å². The molecule has 0 fully saturated rings. The molecule has 0 aliphatic carbocycles. The van der Waals surface area contributed by atoms with Gasteiger partial charge in [-0.25, -0.2) is 0 Å². The maximum Gasteiger partial charge on any atom is 0.293 e. The number of hydrogen-bond donors (Lipinski definition) is 2. The first-order valence-corrected chi connectivity index (χ1v) is 7.42. The van der Waals surface area contributed by atoms with Crippen LogP contribution in [-0.4, -0.2) is 21.1 Å². The van der Waals surface area contributed by atoms with Crippen molar-refractivity contribution in [1.82, 2.24) is 4.57 Å². The van der Waals surface area contributed by atoms with Crippen LogP contribution in [0.2, 0.25) is 0 Å². The van der Waals surface area contributed by atoms with E-state index in [1.807, 2.05) is 0 Å². The van der Waals surface area contributed by atoms with E-state index < -0.39 is 4.92 Å². The van der Waals surface area contributed by atoms with E-state index in [9.17, 15) is 15.2 Å². The minimum atomic E-state index is -0.527. The molecule has 1 aromatic heterocycles. The summed E-state index contributed by atoms with van der Waals surface area (Å²) in [7, 11) is 0. The largest absolute Gasteiger partial charge is 0.508 e. The van der Waals surface area contributed by atoms with E-state index in [1.54, 1.807) is 22.9 Å². The quantitative estimate of drug-likeness (QED) is 0.240. The summed E-state index contributed by atoms with van der Waals surface area (Å²) < 4.78 is 1.68. The lowest BCUT2D eigenvalue weighted by molar-refractivity contribution is -0.384. The minimum Gasteiger partial charge on any atom is -0.508 e. The summed E-state index contributed by atoms with van der Waals surface area (Å²) in [6.07, 6.45) is 2.34. The molecule has 0 radical (unpaired) electrons. The molecule has 3 aromatic rings. The van der Waals surface area contributed by atoms with Crippen LogP contribution in [0.4, 0.5) is 11.4 Å². The van der Waals surface area contributed by atoms with Gasteiger partial charge in [-0.05, 0) is 48.3 Å². The number of hydrogen-bond acceptors (Lipinski definition) is 5. The highest BCUT2D eigenvalue weighted by Gasteiger charge is 2.19. The van der Waals surface area contributed by atoms with Gasteiger partial charge in [-0.3, -0.25) is 10.1 Å². The molecular weight excluding hydrogens is 324 g/mol. The van der Waals surface area contributed by atoms with Gasteiger partial charge in [0.2, 0.25) is 0 Å². The molecule has 0 amide bonds. The highest BCUT2D eigenvalue weighted by Crippen LogP contribution is 2.34. The van der Waals surface area contributed by atoms with Crippen LogP contribution in [0.25, 0.3) is 27.0 Å². The van der Waals surface area contributed by atoms with Gasteiger partial charge < -0.3 is 15.4 Å². The number of azide groups is 1. The lowest BCUT2D eigenvalue weighted by atomic mass is 10.1. The van der Waals surface area contributed by atoms with Gasteiger partial charge in [0.1, 0.15) is 11.4 Å². The number of fused-ring (bicyclic) bond motifs is 1. The highest BCUT2D eigenvalue weighted by atomic mass is 16.6. The fourth-order valence-electron chi connectivity index (χ4n) is 2.82. The van der Waals surface area contributed by atoms with Crippen LogP contribution in [0.15, 0.2) is 47.7 Å². The fraction of sp³-hybridized carbons (Fsp3) is 0.125. The predicted octanol–water partition coefficient (Wildman–Crippen LogP) is 3.69. The van der Waals surface area contributed by atoms with Crippen LogP contribution in [-0.2, 0) is 6.42 Å². The van der Waals surface area contributed by atoms with Gasteiger partial charge in [0.15, 0.2) is 0 Å². The number of phenols is 1. The summed E-state index contributed by atoms with van der Waals surface area (Å²) in [5, 5.41) is 25.4. The van der Waals surface area contributed by atoms with Crippen LogP contribution in [0.5, 0.6) is 5.75 Å². The first-order valence-electron chi connectivity index (χ1n) is 7.42. The number of aromatic nitrogens is 1. The summed E-state index contributed by atoms with van der Waals surface area (Å²) in [5.41, 5.74) is 16.1. The summed E-state index contributed by atoms with van der Waals surface area (Å²) in [4.78, 5) is 13.6. The third-order valence-electron chi connectivity index (χ3n) is 3.86. The Labute approximate surface area is 141 Å². The number of benzene rings is 2. The second-order valence-corrected chi connectivity index (χ2v) is 5.38. The van der Waals surface area contributed by atoms with Crippen molar-refractivity contribution >= 4 is 22.3 Å². The predicted molar refractivity (Wildman–Crippen MR) is 93.2 cm³/mol. The van der Waals surface area contributed by atoms with E-state index in [2.05, 4.69) is 10.0 Å². The van der Waals surface area contributed by atoms with Gasteiger partial charge in [0.25, 0.3) is 5.69 Å². The Morgan fingerprint density at radius 1 is 1.32 bits per heavy atom. The number of phenolic OH excluding ortho intramolecular Hbond substituents is 1. The van der Waals surface area contributed by atoms with Gasteiger partial charge in [0, 0.05) is 28.2 Å². The van der Waals surface area contributed by atoms with Gasteiger partial charge >= 0.3 is 0 Å². The number of rotatable bonds is 5. The van der Waals surface area contributed by atoms with E-state index >= 15 is 0 Å². The van der Waals surface area contributed by atoms with E-state index in [1.165, 1.54) is 24.3 Å². The molecule has 0 spiro atoms. The zero-order valence-electron chi connectivity index (χ0n) is 13.0. The molecule has 0 saturated carbocycles. The molecule has 9 nitrogen and oxygen atoms in total. The molecule has 0 aliphatic rings. The Kier molecular flexibility index (Phi) is 4.25. The second kappa shape index (κ2) is 6.52. The van der Waals surface area contributed by atoms with Crippen LogP contribution in [0.1, 0.15) is 5.56 Å². The fourth-order valence-corrected chi connectivity index (χ4v) is 2.82. The molecular formula is C16H14N6O3. The summed E-state index contributed by atoms with van der Waals surface area (Å²) in [6.45, 7) is 0.409. The monoisotopic (exact) mass is 338 g/mol. The van der Waals surface area contributed by atoms with Crippen molar-refractivity contribution in [2.75, 3.05) is 6.54 Å². The molecule has 3 N–H and O–H groups in total. The number of nitrogens with two attached hydrogens (primary N) is 1. The van der Waals surface area contributed by atoms with Crippen molar-refractivity contribution in [3.05, 3.63) is 68.7 Å². The number of nitro benzene ring substituents is 1. The zero-order valence-corrected chi connectivity index (χ0v) is 13.0. The molecule has 0 saturated heterocycles. The SMILES string of the molecule is [N-]=[N+]=Nc1ccc(-n2cc(CCN)c3cc(O)ccc32)c([N+](=O)[O-])c1. The number of aromatic hydroxyl groups is 1. The summed E-state index contributed by atoms with van der Waals surface area (Å²) >= 11 is 0. The summed E-state index contributed by atoms with van der Waals surface area (Å²) in [5.74, 6) is 0.108. The van der Waals surface area contributed by atoms with E-state index in [0.717, 1.165) is 10.9 Å². The van der Waals surface area contributed by atoms with Crippen molar-refractivity contribution in [2.45, 2.75) is 6.42 Å². The average molecular weight is 338 g/mol. The molecule has 9 heteroatoms. The topological polar surface area (TPSA) is 143 Å². The third-order valence-corrected chi connectivity index (χ3v) is 3.86. The lowest BCUT2D eigenvalue weighted by Gasteiger charge is -2.07. The van der Waals surface area contributed by atoms with Gasteiger partial charge in [-0.15, -0.1) is 0 Å². The Morgan fingerprint density at radius 3 is 2.80 bits per heavy atom. The van der Waals surface area contributed by atoms with E-state index in [-0.39, 0.29) is 17.1 Å². The molecule has 25 heavy (non-hydrogen) atoms. The normalized spacial score (nSPS) is 10.6. The molecule has 0 aliphatic heterocycles. The standard InChI is InChI=1S/C16H14N6O3/c17-6-5-10-9-21(14-4-2-12(23)8-13(10)14)15-3-1-11(19-20-18)7-16(15)22(24)25/h1-4,7-9,23H,5-6,17H2. The molecule has 0 bridgehead atoms. The Bertz CT molecular complexity index is 1020. The first-order chi connectivity index (χ1) is 12.0. The number of nitro groups is 1. The van der Waals surface area contributed by atoms with Crippen molar-refractivity contribution in [3.8, 4) is 11.4 Å². The third kappa shape index (κ3) is 2.97. The lowest BCUT2D eigenvalue weighted by Crippen LogP contribution is -2.02. The van der Waals surface area contributed by atoms with Gasteiger partial charge in [-0.1, -0.05) is 11.2 Å².